The molecule has 3 aromatic rings. The maximum atomic E-state index is 13.2. The number of aryl methyl sites for hydroxylation is 2. The second-order valence-corrected chi connectivity index (χ2v) is 5.22. The van der Waals surface area contributed by atoms with Crippen LogP contribution in [-0.2, 0) is 13.0 Å². The second-order valence-electron chi connectivity index (χ2n) is 4.83. The number of H-pyrrole nitrogens is 1. The van der Waals surface area contributed by atoms with Gasteiger partial charge in [0.05, 0.1) is 11.0 Å². The Hall–Kier alpha value is -1.94. The Morgan fingerprint density at radius 2 is 1.90 bits per heavy atom. The summed E-state index contributed by atoms with van der Waals surface area (Å²) in [5.41, 5.74) is 3.05. The summed E-state index contributed by atoms with van der Waals surface area (Å²) in [6.07, 6.45) is 2.01. The first kappa shape index (κ1) is 13.1. The van der Waals surface area contributed by atoms with Gasteiger partial charge in [0.15, 0.2) is 4.77 Å². The Bertz CT molecular complexity index is 774. The van der Waals surface area contributed by atoms with E-state index >= 15 is 0 Å². The van der Waals surface area contributed by atoms with Crippen LogP contribution < -0.4 is 0 Å². The number of hydrogen-bond acceptors (Lipinski definition) is 1. The van der Waals surface area contributed by atoms with E-state index in [0.29, 0.717) is 4.77 Å². The Morgan fingerprint density at radius 3 is 2.70 bits per heavy atom. The third kappa shape index (κ3) is 2.65. The van der Waals surface area contributed by atoms with Crippen LogP contribution in [0.15, 0.2) is 48.5 Å². The van der Waals surface area contributed by atoms with Crippen LogP contribution in [0.3, 0.4) is 0 Å². The van der Waals surface area contributed by atoms with Crippen molar-refractivity contribution < 1.29 is 4.39 Å². The number of hydrogen-bond donors (Lipinski definition) is 1. The maximum absolute atomic E-state index is 13.2. The molecular weight excluding hydrogens is 271 g/mol. The predicted octanol–water partition coefficient (Wildman–Crippen LogP) is 4.47. The van der Waals surface area contributed by atoms with E-state index in [1.165, 1.54) is 17.7 Å². The van der Waals surface area contributed by atoms with Gasteiger partial charge in [-0.05, 0) is 48.8 Å². The molecule has 1 heterocycles. The molecule has 0 atom stereocenters. The summed E-state index contributed by atoms with van der Waals surface area (Å²) in [6, 6.07) is 15.1. The number of imidazole rings is 1. The standard InChI is InChI=1S/C16H15FN2S/c17-13-8-9-15-14(11-13)18-16(20)19(15)10-4-7-12-5-2-1-3-6-12/h1-3,5-6,8-9,11H,4,7,10H2,(H,18,20). The molecule has 0 aliphatic heterocycles. The second kappa shape index (κ2) is 5.59. The van der Waals surface area contributed by atoms with Crippen LogP contribution in [0.2, 0.25) is 0 Å². The Labute approximate surface area is 121 Å². The van der Waals surface area contributed by atoms with Gasteiger partial charge in [-0.15, -0.1) is 0 Å². The lowest BCUT2D eigenvalue weighted by molar-refractivity contribution is 0.628. The van der Waals surface area contributed by atoms with Gasteiger partial charge in [-0.2, -0.15) is 0 Å². The summed E-state index contributed by atoms with van der Waals surface area (Å²) >= 11 is 5.31. The van der Waals surface area contributed by atoms with Crippen LogP contribution >= 0.6 is 12.2 Å². The molecule has 4 heteroatoms. The van der Waals surface area contributed by atoms with Crippen molar-refractivity contribution in [2.45, 2.75) is 19.4 Å². The van der Waals surface area contributed by atoms with E-state index in [4.69, 9.17) is 12.2 Å². The highest BCUT2D eigenvalue weighted by molar-refractivity contribution is 7.71. The van der Waals surface area contributed by atoms with Gasteiger partial charge in [0, 0.05) is 6.54 Å². The molecular formula is C16H15FN2S. The molecule has 0 fully saturated rings. The van der Waals surface area contributed by atoms with E-state index in [1.54, 1.807) is 6.07 Å². The zero-order valence-corrected chi connectivity index (χ0v) is 11.8. The fourth-order valence-electron chi connectivity index (χ4n) is 2.44. The van der Waals surface area contributed by atoms with E-state index in [1.807, 2.05) is 10.6 Å². The number of fused-ring (bicyclic) bond motifs is 1. The molecule has 0 saturated carbocycles. The highest BCUT2D eigenvalue weighted by Crippen LogP contribution is 2.16. The van der Waals surface area contributed by atoms with Crippen molar-refractivity contribution in [2.75, 3.05) is 0 Å². The summed E-state index contributed by atoms with van der Waals surface area (Å²) < 4.78 is 15.9. The lowest BCUT2D eigenvalue weighted by Gasteiger charge is -2.05. The van der Waals surface area contributed by atoms with Gasteiger partial charge in [-0.1, -0.05) is 30.3 Å². The van der Waals surface area contributed by atoms with Crippen molar-refractivity contribution >= 4 is 23.3 Å². The number of aromatic nitrogens is 2. The van der Waals surface area contributed by atoms with Gasteiger partial charge in [-0.3, -0.25) is 0 Å². The first-order valence-corrected chi connectivity index (χ1v) is 7.07. The van der Waals surface area contributed by atoms with Crippen molar-refractivity contribution in [3.63, 3.8) is 0 Å². The zero-order chi connectivity index (χ0) is 13.9. The van der Waals surface area contributed by atoms with Gasteiger partial charge >= 0.3 is 0 Å². The fourth-order valence-corrected chi connectivity index (χ4v) is 2.74. The predicted molar refractivity (Wildman–Crippen MR) is 81.8 cm³/mol. The summed E-state index contributed by atoms with van der Waals surface area (Å²) in [7, 11) is 0. The van der Waals surface area contributed by atoms with Crippen LogP contribution in [0, 0.1) is 10.6 Å². The average Bonchev–Trinajstić information content (AvgIpc) is 2.75. The summed E-state index contributed by atoms with van der Waals surface area (Å²) in [5, 5.41) is 0. The first-order chi connectivity index (χ1) is 9.74. The van der Waals surface area contributed by atoms with Crippen LogP contribution in [0.5, 0.6) is 0 Å². The highest BCUT2D eigenvalue weighted by Gasteiger charge is 2.05. The van der Waals surface area contributed by atoms with Gasteiger partial charge < -0.3 is 9.55 Å². The first-order valence-electron chi connectivity index (χ1n) is 6.66. The zero-order valence-electron chi connectivity index (χ0n) is 11.0. The van der Waals surface area contributed by atoms with E-state index < -0.39 is 0 Å². The molecule has 0 spiro atoms. The molecule has 0 unspecified atom stereocenters. The summed E-state index contributed by atoms with van der Waals surface area (Å²) in [5.74, 6) is -0.245. The molecule has 1 N–H and O–H groups in total. The van der Waals surface area contributed by atoms with E-state index in [2.05, 4.69) is 29.2 Å². The van der Waals surface area contributed by atoms with Crippen LogP contribution in [0.25, 0.3) is 11.0 Å². The Morgan fingerprint density at radius 1 is 1.10 bits per heavy atom. The number of benzene rings is 2. The van der Waals surface area contributed by atoms with Crippen LogP contribution in [0.1, 0.15) is 12.0 Å². The van der Waals surface area contributed by atoms with Gasteiger partial charge in [0.1, 0.15) is 5.82 Å². The van der Waals surface area contributed by atoms with E-state index in [-0.39, 0.29) is 5.82 Å². The van der Waals surface area contributed by atoms with E-state index in [0.717, 1.165) is 30.4 Å². The van der Waals surface area contributed by atoms with E-state index in [9.17, 15) is 4.39 Å². The average molecular weight is 286 g/mol. The molecule has 0 aliphatic rings. The molecule has 3 rings (SSSR count). The number of nitrogens with one attached hydrogen (secondary N) is 1. The lowest BCUT2D eigenvalue weighted by Crippen LogP contribution is -1.99. The van der Waals surface area contributed by atoms with Crippen molar-refractivity contribution in [1.29, 1.82) is 0 Å². The number of halogens is 1. The summed E-state index contributed by atoms with van der Waals surface area (Å²) in [4.78, 5) is 3.05. The summed E-state index contributed by atoms with van der Waals surface area (Å²) in [6.45, 7) is 0.833. The minimum Gasteiger partial charge on any atom is -0.330 e. The van der Waals surface area contributed by atoms with Crippen molar-refractivity contribution in [1.82, 2.24) is 9.55 Å². The normalized spacial score (nSPS) is 11.1. The molecule has 0 amide bonds. The van der Waals surface area contributed by atoms with Gasteiger partial charge in [-0.25, -0.2) is 4.39 Å². The van der Waals surface area contributed by atoms with Gasteiger partial charge in [0.25, 0.3) is 0 Å². The molecule has 1 aromatic heterocycles. The third-order valence-corrected chi connectivity index (χ3v) is 3.75. The molecule has 2 nitrogen and oxygen atoms in total. The fraction of sp³-hybridized carbons (Fsp3) is 0.188. The molecule has 2 aromatic carbocycles. The highest BCUT2D eigenvalue weighted by atomic mass is 32.1. The molecule has 0 radical (unpaired) electrons. The minimum absolute atomic E-state index is 0.245. The maximum Gasteiger partial charge on any atom is 0.178 e. The van der Waals surface area contributed by atoms with Crippen LogP contribution in [-0.4, -0.2) is 9.55 Å². The van der Waals surface area contributed by atoms with Crippen molar-refractivity contribution in [3.05, 3.63) is 64.7 Å². The number of rotatable bonds is 4. The monoisotopic (exact) mass is 286 g/mol. The molecule has 102 valence electrons. The smallest absolute Gasteiger partial charge is 0.178 e. The molecule has 20 heavy (non-hydrogen) atoms. The third-order valence-electron chi connectivity index (χ3n) is 3.43. The van der Waals surface area contributed by atoms with Crippen LogP contribution in [0.4, 0.5) is 4.39 Å². The minimum atomic E-state index is -0.245. The van der Waals surface area contributed by atoms with Crippen molar-refractivity contribution in [3.8, 4) is 0 Å². The molecule has 0 saturated heterocycles. The Balaban J connectivity index is 1.78. The molecule has 0 bridgehead atoms. The quantitative estimate of drug-likeness (QED) is 0.702. The number of aromatic amines is 1. The van der Waals surface area contributed by atoms with Gasteiger partial charge in [0.2, 0.25) is 0 Å². The lowest BCUT2D eigenvalue weighted by atomic mass is 10.1. The SMILES string of the molecule is Fc1ccc2c(c1)[nH]c(=S)n2CCCc1ccccc1. The topological polar surface area (TPSA) is 20.7 Å². The molecule has 0 aliphatic carbocycles. The largest absolute Gasteiger partial charge is 0.330 e. The Kier molecular flexibility index (Phi) is 3.65. The van der Waals surface area contributed by atoms with Crippen molar-refractivity contribution in [2.24, 2.45) is 0 Å². The number of nitrogens with zero attached hydrogens (tertiary/aromatic N) is 1.